The van der Waals surface area contributed by atoms with E-state index in [2.05, 4.69) is 4.90 Å². The molecule has 0 unspecified atom stereocenters. The summed E-state index contributed by atoms with van der Waals surface area (Å²) in [7, 11) is 0. The monoisotopic (exact) mass is 598 g/mol. The number of hydrogen-bond donors (Lipinski definition) is 0. The van der Waals surface area contributed by atoms with Crippen molar-refractivity contribution in [2.75, 3.05) is 110 Å². The SMILES string of the molecule is CC(=O)OCCN(Cc1ccc(N2CCOCCOCCOCCOCCOCCOCC2)cc1)C(=O)OC(C)(C)C. The fourth-order valence-electron chi connectivity index (χ4n) is 3.81. The van der Waals surface area contributed by atoms with Crippen LogP contribution in [0.25, 0.3) is 0 Å². The molecule has 1 aromatic carbocycles. The first-order valence-electron chi connectivity index (χ1n) is 14.7. The van der Waals surface area contributed by atoms with Gasteiger partial charge in [-0.15, -0.1) is 0 Å². The van der Waals surface area contributed by atoms with Gasteiger partial charge >= 0.3 is 12.1 Å². The van der Waals surface area contributed by atoms with E-state index in [1.807, 2.05) is 45.0 Å². The number of carbonyl (C=O) groups excluding carboxylic acids is 2. The van der Waals surface area contributed by atoms with Gasteiger partial charge in [0, 0.05) is 32.2 Å². The van der Waals surface area contributed by atoms with E-state index >= 15 is 0 Å². The Morgan fingerprint density at radius 1 is 0.738 bits per heavy atom. The number of esters is 1. The molecule has 12 heteroatoms. The molecule has 0 aromatic heterocycles. The molecule has 1 heterocycles. The first-order chi connectivity index (χ1) is 20.2. The molecule has 12 nitrogen and oxygen atoms in total. The van der Waals surface area contributed by atoms with Gasteiger partial charge in [0.25, 0.3) is 0 Å². The summed E-state index contributed by atoms with van der Waals surface area (Å²) >= 11 is 0. The minimum absolute atomic E-state index is 0.0953. The molecule has 240 valence electrons. The summed E-state index contributed by atoms with van der Waals surface area (Å²) in [6.07, 6.45) is -0.463. The van der Waals surface area contributed by atoms with E-state index in [1.54, 1.807) is 0 Å². The first kappa shape index (κ1) is 35.7. The van der Waals surface area contributed by atoms with Crippen LogP contribution in [-0.2, 0) is 49.2 Å². The fraction of sp³-hybridized carbons (Fsp3) is 0.733. The first-order valence-corrected chi connectivity index (χ1v) is 14.7. The van der Waals surface area contributed by atoms with E-state index in [9.17, 15) is 9.59 Å². The molecule has 1 aliphatic heterocycles. The normalized spacial score (nSPS) is 18.0. The van der Waals surface area contributed by atoms with Crippen molar-refractivity contribution < 1.29 is 47.5 Å². The van der Waals surface area contributed by atoms with Gasteiger partial charge in [-0.25, -0.2) is 4.79 Å². The number of rotatable bonds is 6. The molecule has 0 bridgehead atoms. The maximum absolute atomic E-state index is 12.8. The zero-order valence-corrected chi connectivity index (χ0v) is 25.8. The second-order valence-corrected chi connectivity index (χ2v) is 10.6. The van der Waals surface area contributed by atoms with E-state index < -0.39 is 17.7 Å². The van der Waals surface area contributed by atoms with Crippen LogP contribution in [0.3, 0.4) is 0 Å². The number of nitrogens with zero attached hydrogens (tertiary/aromatic N) is 2. The van der Waals surface area contributed by atoms with Crippen molar-refractivity contribution >= 4 is 17.7 Å². The van der Waals surface area contributed by atoms with Gasteiger partial charge in [0.15, 0.2) is 0 Å². The summed E-state index contributed by atoms with van der Waals surface area (Å²) in [5.41, 5.74) is 1.29. The lowest BCUT2D eigenvalue weighted by molar-refractivity contribution is -0.141. The van der Waals surface area contributed by atoms with Gasteiger partial charge in [0.2, 0.25) is 0 Å². The van der Waals surface area contributed by atoms with Crippen LogP contribution in [0.4, 0.5) is 10.5 Å². The summed E-state index contributed by atoms with van der Waals surface area (Å²) in [6, 6.07) is 7.99. The third kappa shape index (κ3) is 17.5. The molecule has 0 N–H and O–H groups in total. The van der Waals surface area contributed by atoms with Crippen LogP contribution in [0.15, 0.2) is 24.3 Å². The Morgan fingerprint density at radius 2 is 1.17 bits per heavy atom. The van der Waals surface area contributed by atoms with Crippen LogP contribution < -0.4 is 4.90 Å². The molecule has 0 radical (unpaired) electrons. The standard InChI is InChI=1S/C30H50N2O10/c1-26(33)41-14-11-32(29(34)42-30(2,3)4)25-27-5-7-28(8-6-27)31-9-12-35-15-17-37-19-21-39-23-24-40-22-20-38-18-16-36-13-10-31/h5-8H,9-25H2,1-4H3. The highest BCUT2D eigenvalue weighted by Gasteiger charge is 2.22. The predicted octanol–water partition coefficient (Wildman–Crippen LogP) is 2.91. The van der Waals surface area contributed by atoms with Crippen molar-refractivity contribution in [3.8, 4) is 0 Å². The number of carbonyl (C=O) groups is 2. The van der Waals surface area contributed by atoms with Crippen LogP contribution in [0, 0.1) is 0 Å². The molecule has 1 amide bonds. The highest BCUT2D eigenvalue weighted by atomic mass is 16.6. The van der Waals surface area contributed by atoms with Crippen molar-refractivity contribution in [2.45, 2.75) is 39.8 Å². The largest absolute Gasteiger partial charge is 0.464 e. The lowest BCUT2D eigenvalue weighted by Crippen LogP contribution is -2.38. The maximum Gasteiger partial charge on any atom is 0.410 e. The van der Waals surface area contributed by atoms with Gasteiger partial charge in [0.1, 0.15) is 12.2 Å². The maximum atomic E-state index is 12.8. The van der Waals surface area contributed by atoms with E-state index in [0.717, 1.165) is 11.3 Å². The molecule has 1 fully saturated rings. The molecular formula is C30H50N2O10. The Morgan fingerprint density at radius 3 is 1.57 bits per heavy atom. The lowest BCUT2D eigenvalue weighted by atomic mass is 10.1. The van der Waals surface area contributed by atoms with E-state index in [1.165, 1.54) is 11.8 Å². The second-order valence-electron chi connectivity index (χ2n) is 10.6. The van der Waals surface area contributed by atoms with Crippen molar-refractivity contribution in [3.05, 3.63) is 29.8 Å². The number of hydrogen-bond acceptors (Lipinski definition) is 11. The van der Waals surface area contributed by atoms with Crippen LogP contribution in [-0.4, -0.2) is 128 Å². The molecule has 0 atom stereocenters. The highest BCUT2D eigenvalue weighted by Crippen LogP contribution is 2.18. The van der Waals surface area contributed by atoms with Gasteiger partial charge in [0.05, 0.1) is 85.8 Å². The average Bonchev–Trinajstić information content (AvgIpc) is 2.93. The quantitative estimate of drug-likeness (QED) is 0.450. The van der Waals surface area contributed by atoms with Crippen molar-refractivity contribution in [1.29, 1.82) is 0 Å². The molecule has 42 heavy (non-hydrogen) atoms. The summed E-state index contributed by atoms with van der Waals surface area (Å²) in [5, 5.41) is 0. The number of ether oxygens (including phenoxy) is 8. The molecule has 0 saturated carbocycles. The van der Waals surface area contributed by atoms with Crippen molar-refractivity contribution in [3.63, 3.8) is 0 Å². The van der Waals surface area contributed by atoms with Crippen LogP contribution in [0.5, 0.6) is 0 Å². The summed E-state index contributed by atoms with van der Waals surface area (Å²) in [6.45, 7) is 14.9. The molecule has 1 aromatic rings. The van der Waals surface area contributed by atoms with E-state index in [0.29, 0.717) is 98.9 Å². The van der Waals surface area contributed by atoms with Crippen LogP contribution in [0.1, 0.15) is 33.3 Å². The number of benzene rings is 1. The Balaban J connectivity index is 1.97. The zero-order valence-electron chi connectivity index (χ0n) is 25.8. The zero-order chi connectivity index (χ0) is 30.5. The predicted molar refractivity (Wildman–Crippen MR) is 157 cm³/mol. The minimum Gasteiger partial charge on any atom is -0.464 e. The third-order valence-corrected chi connectivity index (χ3v) is 5.86. The Bertz CT molecular complexity index is 841. The van der Waals surface area contributed by atoms with Gasteiger partial charge < -0.3 is 47.7 Å². The number of amides is 1. The topological polar surface area (TPSA) is 114 Å². The molecule has 2 rings (SSSR count). The van der Waals surface area contributed by atoms with Crippen LogP contribution >= 0.6 is 0 Å². The average molecular weight is 599 g/mol. The van der Waals surface area contributed by atoms with Gasteiger partial charge in [-0.2, -0.15) is 0 Å². The Labute approximate surface area is 250 Å². The van der Waals surface area contributed by atoms with Gasteiger partial charge in [-0.1, -0.05) is 12.1 Å². The van der Waals surface area contributed by atoms with Gasteiger partial charge in [-0.05, 0) is 38.5 Å². The minimum atomic E-state index is -0.639. The highest BCUT2D eigenvalue weighted by molar-refractivity contribution is 5.68. The molecule has 1 aliphatic rings. The smallest absolute Gasteiger partial charge is 0.410 e. The van der Waals surface area contributed by atoms with E-state index in [4.69, 9.17) is 37.9 Å². The van der Waals surface area contributed by atoms with Crippen molar-refractivity contribution in [2.24, 2.45) is 0 Å². The van der Waals surface area contributed by atoms with Crippen molar-refractivity contribution in [1.82, 2.24) is 4.90 Å². The fourth-order valence-corrected chi connectivity index (χ4v) is 3.81. The molecule has 0 spiro atoms. The molecular weight excluding hydrogens is 548 g/mol. The van der Waals surface area contributed by atoms with E-state index in [-0.39, 0.29) is 13.2 Å². The number of anilines is 1. The Kier molecular flexibility index (Phi) is 18.1. The summed E-state index contributed by atoms with van der Waals surface area (Å²) in [5.74, 6) is -0.392. The summed E-state index contributed by atoms with van der Waals surface area (Å²) in [4.78, 5) is 27.8. The third-order valence-electron chi connectivity index (χ3n) is 5.86. The van der Waals surface area contributed by atoms with Crippen LogP contribution in [0.2, 0.25) is 0 Å². The second kappa shape index (κ2) is 21.2. The van der Waals surface area contributed by atoms with Gasteiger partial charge in [-0.3, -0.25) is 4.79 Å². The Hall–Kier alpha value is -2.48. The summed E-state index contributed by atoms with van der Waals surface area (Å²) < 4.78 is 44.3. The molecule has 0 aliphatic carbocycles. The lowest BCUT2D eigenvalue weighted by Gasteiger charge is -2.28. The molecule has 1 saturated heterocycles.